The van der Waals surface area contributed by atoms with Gasteiger partial charge in [-0.05, 0) is 31.2 Å². The Morgan fingerprint density at radius 3 is 2.80 bits per heavy atom. The van der Waals surface area contributed by atoms with Crippen LogP contribution < -0.4 is 16.0 Å². The maximum atomic E-state index is 12.3. The van der Waals surface area contributed by atoms with E-state index < -0.39 is 11.9 Å². The highest BCUT2D eigenvalue weighted by molar-refractivity contribution is 6.10. The number of fused-ring (bicyclic) bond motifs is 1. The third kappa shape index (κ3) is 4.06. The average molecular weight is 341 g/mol. The zero-order valence-corrected chi connectivity index (χ0v) is 13.7. The predicted octanol–water partition coefficient (Wildman–Crippen LogP) is 1.47. The lowest BCUT2D eigenvalue weighted by atomic mass is 10.1. The summed E-state index contributed by atoms with van der Waals surface area (Å²) in [5.74, 6) is -0.336. The van der Waals surface area contributed by atoms with E-state index in [0.29, 0.717) is 17.7 Å². The highest BCUT2D eigenvalue weighted by Crippen LogP contribution is 2.18. The number of carbonyl (C=O) groups excluding carboxylic acids is 3. The number of hydrogen-bond acceptors (Lipinski definition) is 4. The van der Waals surface area contributed by atoms with Crippen LogP contribution in [-0.2, 0) is 16.0 Å². The maximum Gasteiger partial charge on any atom is 0.254 e. The molecule has 1 aliphatic heterocycles. The third-order valence-electron chi connectivity index (χ3n) is 3.94. The van der Waals surface area contributed by atoms with Crippen LogP contribution in [0.3, 0.4) is 0 Å². The largest absolute Gasteiger partial charge is 0.469 e. The first-order valence-corrected chi connectivity index (χ1v) is 8.05. The minimum atomic E-state index is -0.921. The summed E-state index contributed by atoms with van der Waals surface area (Å²) in [4.78, 5) is 36.7. The van der Waals surface area contributed by atoms with Crippen molar-refractivity contribution >= 4 is 23.4 Å². The van der Waals surface area contributed by atoms with E-state index in [1.54, 1.807) is 36.6 Å². The Hall–Kier alpha value is -3.09. The Morgan fingerprint density at radius 2 is 2.04 bits per heavy atom. The Labute approximate surface area is 144 Å². The van der Waals surface area contributed by atoms with Crippen molar-refractivity contribution in [1.29, 1.82) is 0 Å². The van der Waals surface area contributed by atoms with Gasteiger partial charge in [0.1, 0.15) is 11.8 Å². The second kappa shape index (κ2) is 7.21. The maximum absolute atomic E-state index is 12.3. The van der Waals surface area contributed by atoms with Crippen molar-refractivity contribution < 1.29 is 18.8 Å². The first kappa shape index (κ1) is 16.8. The van der Waals surface area contributed by atoms with Crippen LogP contribution in [0.15, 0.2) is 47.1 Å². The van der Waals surface area contributed by atoms with E-state index in [4.69, 9.17) is 4.42 Å². The van der Waals surface area contributed by atoms with E-state index in [1.807, 2.05) is 13.0 Å². The van der Waals surface area contributed by atoms with Gasteiger partial charge < -0.3 is 20.4 Å². The summed E-state index contributed by atoms with van der Waals surface area (Å²) < 4.78 is 5.25. The number of benzene rings is 1. The topological polar surface area (TPSA) is 100 Å². The summed E-state index contributed by atoms with van der Waals surface area (Å²) in [7, 11) is 0. The van der Waals surface area contributed by atoms with Crippen LogP contribution in [0.2, 0.25) is 0 Å². The fraction of sp³-hybridized carbons (Fsp3) is 0.278. The molecule has 130 valence electrons. The molecule has 0 unspecified atom stereocenters. The first-order chi connectivity index (χ1) is 12.0. The Kier molecular flexibility index (Phi) is 4.83. The SMILES string of the molecule is C[C@@H](Cc1ccco1)NC(=O)C[C@@H]1NC(=O)c2ccccc2NC1=O. The summed E-state index contributed by atoms with van der Waals surface area (Å²) in [6.07, 6.45) is 1.99. The smallest absolute Gasteiger partial charge is 0.254 e. The molecule has 0 aliphatic carbocycles. The highest BCUT2D eigenvalue weighted by atomic mass is 16.3. The summed E-state index contributed by atoms with van der Waals surface area (Å²) in [6.45, 7) is 1.85. The van der Waals surface area contributed by atoms with Gasteiger partial charge in [-0.3, -0.25) is 14.4 Å². The second-order valence-electron chi connectivity index (χ2n) is 6.02. The standard InChI is InChI=1S/C18H19N3O4/c1-11(9-12-5-4-8-25-12)19-16(22)10-15-18(24)20-14-7-3-2-6-13(14)17(23)21-15/h2-8,11,15H,9-10H2,1H3,(H,19,22)(H,20,24)(H,21,23)/t11-,15-/m0/s1. The van der Waals surface area contributed by atoms with Crippen LogP contribution in [0.5, 0.6) is 0 Å². The molecule has 3 rings (SSSR count). The Morgan fingerprint density at radius 1 is 1.24 bits per heavy atom. The van der Waals surface area contributed by atoms with Gasteiger partial charge in [0.15, 0.2) is 0 Å². The molecule has 7 heteroatoms. The normalized spacial score (nSPS) is 17.7. The van der Waals surface area contributed by atoms with Gasteiger partial charge in [-0.2, -0.15) is 0 Å². The minimum absolute atomic E-state index is 0.131. The fourth-order valence-corrected chi connectivity index (χ4v) is 2.76. The van der Waals surface area contributed by atoms with E-state index in [0.717, 1.165) is 5.76 Å². The molecule has 0 saturated heterocycles. The minimum Gasteiger partial charge on any atom is -0.469 e. The number of furan rings is 1. The van der Waals surface area contributed by atoms with Crippen LogP contribution in [0.25, 0.3) is 0 Å². The van der Waals surface area contributed by atoms with Crippen molar-refractivity contribution in [3.63, 3.8) is 0 Å². The predicted molar refractivity (Wildman–Crippen MR) is 91.0 cm³/mol. The van der Waals surface area contributed by atoms with Gasteiger partial charge in [0.2, 0.25) is 11.8 Å². The van der Waals surface area contributed by atoms with Crippen LogP contribution in [0.1, 0.15) is 29.5 Å². The van der Waals surface area contributed by atoms with Gasteiger partial charge in [0, 0.05) is 12.5 Å². The summed E-state index contributed by atoms with van der Waals surface area (Å²) in [5.41, 5.74) is 0.823. The molecule has 3 N–H and O–H groups in total. The van der Waals surface area contributed by atoms with Crippen LogP contribution >= 0.6 is 0 Å². The Bertz CT molecular complexity index is 785. The van der Waals surface area contributed by atoms with E-state index in [-0.39, 0.29) is 24.3 Å². The van der Waals surface area contributed by atoms with Crippen LogP contribution in [0.4, 0.5) is 5.69 Å². The molecular formula is C18H19N3O4. The zero-order valence-electron chi connectivity index (χ0n) is 13.7. The van der Waals surface area contributed by atoms with Gasteiger partial charge in [0.25, 0.3) is 5.91 Å². The molecule has 25 heavy (non-hydrogen) atoms. The molecule has 1 aromatic carbocycles. The molecule has 0 radical (unpaired) electrons. The van der Waals surface area contributed by atoms with E-state index >= 15 is 0 Å². The third-order valence-corrected chi connectivity index (χ3v) is 3.94. The molecule has 0 spiro atoms. The molecule has 2 aromatic rings. The molecule has 0 saturated carbocycles. The summed E-state index contributed by atoms with van der Waals surface area (Å²) >= 11 is 0. The van der Waals surface area contributed by atoms with Crippen molar-refractivity contribution in [2.24, 2.45) is 0 Å². The van der Waals surface area contributed by atoms with Gasteiger partial charge in [-0.1, -0.05) is 12.1 Å². The van der Waals surface area contributed by atoms with Crippen molar-refractivity contribution in [2.75, 3.05) is 5.32 Å². The monoisotopic (exact) mass is 341 g/mol. The second-order valence-corrected chi connectivity index (χ2v) is 6.02. The number of para-hydroxylation sites is 1. The van der Waals surface area contributed by atoms with E-state index in [1.165, 1.54) is 0 Å². The molecule has 2 atom stereocenters. The molecule has 3 amide bonds. The molecule has 7 nitrogen and oxygen atoms in total. The molecule has 1 aromatic heterocycles. The molecule has 1 aliphatic rings. The van der Waals surface area contributed by atoms with Crippen LogP contribution in [0, 0.1) is 0 Å². The number of rotatable bonds is 5. The van der Waals surface area contributed by atoms with Crippen molar-refractivity contribution in [2.45, 2.75) is 31.8 Å². The Balaban J connectivity index is 1.60. The van der Waals surface area contributed by atoms with Crippen molar-refractivity contribution in [1.82, 2.24) is 10.6 Å². The molecule has 0 bridgehead atoms. The molecule has 0 fully saturated rings. The van der Waals surface area contributed by atoms with Crippen LogP contribution in [-0.4, -0.2) is 29.8 Å². The van der Waals surface area contributed by atoms with Gasteiger partial charge in [-0.15, -0.1) is 0 Å². The van der Waals surface area contributed by atoms with E-state index in [9.17, 15) is 14.4 Å². The number of amides is 3. The average Bonchev–Trinajstić information content (AvgIpc) is 3.03. The molecule has 2 heterocycles. The highest BCUT2D eigenvalue weighted by Gasteiger charge is 2.29. The summed E-state index contributed by atoms with van der Waals surface area (Å²) in [5, 5.41) is 8.10. The lowest BCUT2D eigenvalue weighted by Crippen LogP contribution is -2.46. The van der Waals surface area contributed by atoms with Gasteiger partial charge in [0.05, 0.1) is 23.9 Å². The number of carbonyl (C=O) groups is 3. The zero-order chi connectivity index (χ0) is 17.8. The lowest BCUT2D eigenvalue weighted by Gasteiger charge is -2.17. The van der Waals surface area contributed by atoms with Crippen molar-refractivity contribution in [3.8, 4) is 0 Å². The number of anilines is 1. The quantitative estimate of drug-likeness (QED) is 0.766. The summed E-state index contributed by atoms with van der Waals surface area (Å²) in [6, 6.07) is 9.27. The number of nitrogens with one attached hydrogen (secondary N) is 3. The first-order valence-electron chi connectivity index (χ1n) is 8.05. The molecular weight excluding hydrogens is 322 g/mol. The lowest BCUT2D eigenvalue weighted by molar-refractivity contribution is -0.126. The van der Waals surface area contributed by atoms with E-state index in [2.05, 4.69) is 16.0 Å². The van der Waals surface area contributed by atoms with Gasteiger partial charge in [-0.25, -0.2) is 0 Å². The van der Waals surface area contributed by atoms with Gasteiger partial charge >= 0.3 is 0 Å². The number of hydrogen-bond donors (Lipinski definition) is 3. The fourth-order valence-electron chi connectivity index (χ4n) is 2.76. The van der Waals surface area contributed by atoms with Crippen molar-refractivity contribution in [3.05, 3.63) is 54.0 Å².